The third-order valence-corrected chi connectivity index (χ3v) is 5.12. The largest absolute Gasteiger partial charge is 0.471 e. The average molecular weight is 423 g/mol. The Balaban J connectivity index is 1.31. The number of hydrogen-bond acceptors (Lipinski definition) is 4. The minimum atomic E-state index is -4.49. The summed E-state index contributed by atoms with van der Waals surface area (Å²) in [4.78, 5) is 31.6. The summed E-state index contributed by atoms with van der Waals surface area (Å²) in [6, 6.07) is 7.13. The van der Waals surface area contributed by atoms with Gasteiger partial charge in [-0.15, -0.1) is 0 Å². The third kappa shape index (κ3) is 4.07. The smallest absolute Gasteiger partial charge is 0.416 e. The molecule has 6 nitrogen and oxygen atoms in total. The summed E-state index contributed by atoms with van der Waals surface area (Å²) < 4.78 is 56.8. The molecule has 0 aliphatic carbocycles. The molecule has 2 fully saturated rings. The lowest BCUT2D eigenvalue weighted by atomic mass is 10.0. The van der Waals surface area contributed by atoms with Gasteiger partial charge in [0.15, 0.2) is 0 Å². The molecule has 2 saturated heterocycles. The maximum atomic E-state index is 13.1. The monoisotopic (exact) mass is 423 g/mol. The topological polar surface area (TPSA) is 62.7 Å². The summed E-state index contributed by atoms with van der Waals surface area (Å²) in [5, 5.41) is 0. The zero-order chi connectivity index (χ0) is 21.5. The lowest BCUT2D eigenvalue weighted by Gasteiger charge is -2.39. The number of amides is 2. The fourth-order valence-electron chi connectivity index (χ4n) is 3.52. The summed E-state index contributed by atoms with van der Waals surface area (Å²) in [6.45, 7) is 0.608. The van der Waals surface area contributed by atoms with Gasteiger partial charge in [-0.1, -0.05) is 0 Å². The van der Waals surface area contributed by atoms with Crippen molar-refractivity contribution < 1.29 is 31.9 Å². The SMILES string of the molecule is O=C(C1CC(=O)N(c2ccc(F)cc2)C1)N1CC(Oc2cc(C(F)(F)F)ccn2)C1. The van der Waals surface area contributed by atoms with Crippen LogP contribution in [0.5, 0.6) is 5.88 Å². The van der Waals surface area contributed by atoms with Gasteiger partial charge in [-0.25, -0.2) is 9.37 Å². The molecule has 0 bridgehead atoms. The number of ether oxygens (including phenoxy) is 1. The average Bonchev–Trinajstić information content (AvgIpc) is 3.06. The molecule has 2 aliphatic heterocycles. The molecule has 1 atom stereocenters. The summed E-state index contributed by atoms with van der Waals surface area (Å²) in [5.41, 5.74) is -0.331. The van der Waals surface area contributed by atoms with Gasteiger partial charge in [-0.3, -0.25) is 9.59 Å². The molecule has 1 aromatic carbocycles. The first kappa shape index (κ1) is 20.1. The van der Waals surface area contributed by atoms with Crippen LogP contribution in [0.1, 0.15) is 12.0 Å². The fourth-order valence-corrected chi connectivity index (χ4v) is 3.52. The van der Waals surface area contributed by atoms with Gasteiger partial charge < -0.3 is 14.5 Å². The van der Waals surface area contributed by atoms with E-state index in [0.29, 0.717) is 5.69 Å². The van der Waals surface area contributed by atoms with Crippen LogP contribution in [-0.4, -0.2) is 47.4 Å². The number of likely N-dealkylation sites (tertiary alicyclic amines) is 1. The number of carbonyl (C=O) groups is 2. The third-order valence-electron chi connectivity index (χ3n) is 5.12. The quantitative estimate of drug-likeness (QED) is 0.710. The molecule has 0 radical (unpaired) electrons. The molecule has 0 saturated carbocycles. The summed E-state index contributed by atoms with van der Waals surface area (Å²) >= 11 is 0. The van der Waals surface area contributed by atoms with Crippen molar-refractivity contribution in [2.45, 2.75) is 18.7 Å². The summed E-state index contributed by atoms with van der Waals surface area (Å²) in [6.07, 6.45) is -3.88. The highest BCUT2D eigenvalue weighted by atomic mass is 19.4. The molecule has 158 valence electrons. The van der Waals surface area contributed by atoms with E-state index in [2.05, 4.69) is 4.98 Å². The van der Waals surface area contributed by atoms with Gasteiger partial charge in [0.05, 0.1) is 24.6 Å². The van der Waals surface area contributed by atoms with Crippen molar-refractivity contribution >= 4 is 17.5 Å². The second-order valence-electron chi connectivity index (χ2n) is 7.25. The van der Waals surface area contributed by atoms with Crippen LogP contribution >= 0.6 is 0 Å². The highest BCUT2D eigenvalue weighted by Gasteiger charge is 2.41. The van der Waals surface area contributed by atoms with Crippen molar-refractivity contribution in [2.24, 2.45) is 5.92 Å². The number of benzene rings is 1. The number of rotatable bonds is 4. The van der Waals surface area contributed by atoms with E-state index < -0.39 is 29.6 Å². The van der Waals surface area contributed by atoms with Crippen molar-refractivity contribution in [3.8, 4) is 5.88 Å². The first-order valence-electron chi connectivity index (χ1n) is 9.25. The normalized spacial score (nSPS) is 19.7. The van der Waals surface area contributed by atoms with Gasteiger partial charge in [0, 0.05) is 30.9 Å². The molecule has 4 rings (SSSR count). The van der Waals surface area contributed by atoms with Crippen LogP contribution < -0.4 is 9.64 Å². The summed E-state index contributed by atoms with van der Waals surface area (Å²) in [5.74, 6) is -1.54. The lowest BCUT2D eigenvalue weighted by molar-refractivity contribution is -0.144. The maximum Gasteiger partial charge on any atom is 0.416 e. The van der Waals surface area contributed by atoms with E-state index >= 15 is 0 Å². The van der Waals surface area contributed by atoms with Crippen molar-refractivity contribution in [1.82, 2.24) is 9.88 Å². The van der Waals surface area contributed by atoms with Gasteiger partial charge in [0.25, 0.3) is 0 Å². The number of carbonyl (C=O) groups excluding carboxylic acids is 2. The predicted molar refractivity (Wildman–Crippen MR) is 97.1 cm³/mol. The number of aromatic nitrogens is 1. The Morgan fingerprint density at radius 1 is 1.10 bits per heavy atom. The molecule has 3 heterocycles. The number of halogens is 4. The number of anilines is 1. The molecular formula is C20H17F4N3O3. The second kappa shape index (κ2) is 7.58. The minimum Gasteiger partial charge on any atom is -0.471 e. The zero-order valence-electron chi connectivity index (χ0n) is 15.6. The van der Waals surface area contributed by atoms with Gasteiger partial charge in [0.2, 0.25) is 17.7 Å². The Kier molecular flexibility index (Phi) is 5.08. The fraction of sp³-hybridized carbons (Fsp3) is 0.350. The van der Waals surface area contributed by atoms with Gasteiger partial charge in [-0.05, 0) is 30.3 Å². The van der Waals surface area contributed by atoms with Gasteiger partial charge in [0.1, 0.15) is 11.9 Å². The van der Waals surface area contributed by atoms with E-state index in [0.717, 1.165) is 18.3 Å². The minimum absolute atomic E-state index is 0.0490. The molecular weight excluding hydrogens is 406 g/mol. The highest BCUT2D eigenvalue weighted by Crippen LogP contribution is 2.32. The molecule has 1 unspecified atom stereocenters. The van der Waals surface area contributed by atoms with Crippen LogP contribution in [0.3, 0.4) is 0 Å². The number of nitrogens with zero attached hydrogens (tertiary/aromatic N) is 3. The van der Waals surface area contributed by atoms with Crippen LogP contribution in [-0.2, 0) is 15.8 Å². The molecule has 30 heavy (non-hydrogen) atoms. The Hall–Kier alpha value is -3.17. The Morgan fingerprint density at radius 2 is 1.80 bits per heavy atom. The second-order valence-corrected chi connectivity index (χ2v) is 7.25. The van der Waals surface area contributed by atoms with Crippen molar-refractivity contribution in [3.05, 3.63) is 54.0 Å². The van der Waals surface area contributed by atoms with E-state index in [1.54, 1.807) is 0 Å². The first-order valence-corrected chi connectivity index (χ1v) is 9.25. The molecule has 2 amide bonds. The van der Waals surface area contributed by atoms with Crippen molar-refractivity contribution in [1.29, 1.82) is 0 Å². The number of hydrogen-bond donors (Lipinski definition) is 0. The molecule has 0 N–H and O–H groups in total. The van der Waals surface area contributed by atoms with Gasteiger partial charge in [-0.2, -0.15) is 13.2 Å². The predicted octanol–water partition coefficient (Wildman–Crippen LogP) is 2.88. The lowest BCUT2D eigenvalue weighted by Crippen LogP contribution is -2.57. The highest BCUT2D eigenvalue weighted by molar-refractivity contribution is 6.00. The Morgan fingerprint density at radius 3 is 2.47 bits per heavy atom. The summed E-state index contributed by atoms with van der Waals surface area (Å²) in [7, 11) is 0. The standard InChI is InChI=1S/C20H17F4N3O3/c21-14-1-3-15(4-2-14)27-9-12(7-18(27)28)19(29)26-10-16(11-26)30-17-8-13(5-6-25-17)20(22,23)24/h1-6,8,12,16H,7,9-11H2. The van der Waals surface area contributed by atoms with E-state index in [1.165, 1.54) is 34.1 Å². The molecule has 0 spiro atoms. The van der Waals surface area contributed by atoms with Crippen LogP contribution in [0, 0.1) is 11.7 Å². The van der Waals surface area contributed by atoms with Crippen LogP contribution in [0.25, 0.3) is 0 Å². The van der Waals surface area contributed by atoms with Crippen molar-refractivity contribution in [2.75, 3.05) is 24.5 Å². The van der Waals surface area contributed by atoms with Gasteiger partial charge >= 0.3 is 6.18 Å². The first-order chi connectivity index (χ1) is 14.2. The van der Waals surface area contributed by atoms with Crippen LogP contribution in [0.2, 0.25) is 0 Å². The van der Waals surface area contributed by atoms with Crippen LogP contribution in [0.4, 0.5) is 23.2 Å². The van der Waals surface area contributed by atoms with Crippen LogP contribution in [0.15, 0.2) is 42.6 Å². The molecule has 2 aliphatic rings. The zero-order valence-corrected chi connectivity index (χ0v) is 15.6. The van der Waals surface area contributed by atoms with E-state index in [1.807, 2.05) is 0 Å². The molecule has 10 heteroatoms. The Bertz CT molecular complexity index is 959. The van der Waals surface area contributed by atoms with Crippen molar-refractivity contribution in [3.63, 3.8) is 0 Å². The van der Waals surface area contributed by atoms with E-state index in [-0.39, 0.29) is 43.7 Å². The Labute approximate surface area is 169 Å². The van der Waals surface area contributed by atoms with E-state index in [4.69, 9.17) is 4.74 Å². The maximum absolute atomic E-state index is 13.1. The number of alkyl halides is 3. The molecule has 1 aromatic heterocycles. The molecule has 2 aromatic rings. The van der Waals surface area contributed by atoms with E-state index in [9.17, 15) is 27.2 Å². The number of pyridine rings is 1.